The second-order valence-electron chi connectivity index (χ2n) is 3.42. The van der Waals surface area contributed by atoms with Crippen LogP contribution in [0.4, 0.5) is 5.69 Å². The molecule has 94 valence electrons. The van der Waals surface area contributed by atoms with Crippen molar-refractivity contribution in [2.75, 3.05) is 17.6 Å². The van der Waals surface area contributed by atoms with Gasteiger partial charge in [0, 0.05) is 12.7 Å². The Morgan fingerprint density at radius 1 is 1.47 bits per heavy atom. The summed E-state index contributed by atoms with van der Waals surface area (Å²) >= 11 is 4.58. The lowest BCUT2D eigenvalue weighted by atomic mass is 10.2. The summed E-state index contributed by atoms with van der Waals surface area (Å²) in [7, 11) is -2.00. The zero-order valence-corrected chi connectivity index (χ0v) is 11.0. The van der Waals surface area contributed by atoms with Crippen LogP contribution in [0.5, 0.6) is 0 Å². The molecular formula is C10H14N2O3S2. The van der Waals surface area contributed by atoms with Crippen LogP contribution in [-0.2, 0) is 21.4 Å². The van der Waals surface area contributed by atoms with Crippen molar-refractivity contribution in [2.24, 2.45) is 5.73 Å². The van der Waals surface area contributed by atoms with Gasteiger partial charge in [0.15, 0.2) is 0 Å². The van der Waals surface area contributed by atoms with Crippen LogP contribution in [0, 0.1) is 0 Å². The van der Waals surface area contributed by atoms with Crippen LogP contribution < -0.4 is 10.5 Å². The number of ether oxygens (including phenoxy) is 1. The molecule has 0 fully saturated rings. The molecule has 0 bridgehead atoms. The van der Waals surface area contributed by atoms with E-state index in [1.165, 1.54) is 0 Å². The third-order valence-corrected chi connectivity index (χ3v) is 3.46. The molecule has 7 heteroatoms. The summed E-state index contributed by atoms with van der Waals surface area (Å²) in [6.45, 7) is 0.325. The lowest BCUT2D eigenvalue weighted by Crippen LogP contribution is -2.26. The molecule has 0 saturated heterocycles. The Kier molecular flexibility index (Phi) is 4.86. The molecule has 5 nitrogen and oxygen atoms in total. The molecule has 0 aromatic heterocycles. The Bertz CT molecular complexity index is 500. The predicted octanol–water partition coefficient (Wildman–Crippen LogP) is 0.861. The van der Waals surface area contributed by atoms with Gasteiger partial charge in [-0.2, -0.15) is 0 Å². The van der Waals surface area contributed by atoms with Gasteiger partial charge in [-0.1, -0.05) is 30.4 Å². The van der Waals surface area contributed by atoms with E-state index in [0.29, 0.717) is 12.3 Å². The number of para-hydroxylation sites is 1. The molecule has 17 heavy (non-hydrogen) atoms. The van der Waals surface area contributed by atoms with Gasteiger partial charge in [-0.25, -0.2) is 8.42 Å². The monoisotopic (exact) mass is 274 g/mol. The first kappa shape index (κ1) is 13.9. The fourth-order valence-corrected chi connectivity index (χ4v) is 2.74. The number of hydrogen-bond donors (Lipinski definition) is 2. The van der Waals surface area contributed by atoms with Gasteiger partial charge in [0.05, 0.1) is 17.3 Å². The summed E-state index contributed by atoms with van der Waals surface area (Å²) < 4.78 is 30.7. The molecule has 3 N–H and O–H groups in total. The number of nitrogens with two attached hydrogens (primary N) is 1. The smallest absolute Gasteiger partial charge is 0.239 e. The van der Waals surface area contributed by atoms with Crippen LogP contribution >= 0.6 is 12.2 Å². The Labute approximate surface area is 106 Å². The van der Waals surface area contributed by atoms with Gasteiger partial charge in [0.25, 0.3) is 0 Å². The molecule has 0 heterocycles. The summed E-state index contributed by atoms with van der Waals surface area (Å²) in [5.41, 5.74) is 6.45. The highest BCUT2D eigenvalue weighted by Crippen LogP contribution is 2.17. The van der Waals surface area contributed by atoms with E-state index in [-0.39, 0.29) is 10.7 Å². The van der Waals surface area contributed by atoms with Crippen LogP contribution in [-0.4, -0.2) is 26.3 Å². The predicted molar refractivity (Wildman–Crippen MR) is 71.3 cm³/mol. The minimum Gasteiger partial charge on any atom is -0.392 e. The summed E-state index contributed by atoms with van der Waals surface area (Å²) in [5, 5.41) is 0. The van der Waals surface area contributed by atoms with E-state index in [1.54, 1.807) is 31.4 Å². The Hall–Kier alpha value is -1.18. The first-order chi connectivity index (χ1) is 7.94. The van der Waals surface area contributed by atoms with Crippen molar-refractivity contribution < 1.29 is 13.2 Å². The molecule has 0 aliphatic carbocycles. The Morgan fingerprint density at radius 2 is 2.12 bits per heavy atom. The number of sulfonamides is 1. The molecule has 0 aliphatic heterocycles. The van der Waals surface area contributed by atoms with Crippen molar-refractivity contribution in [2.45, 2.75) is 6.61 Å². The van der Waals surface area contributed by atoms with Crippen LogP contribution in [0.1, 0.15) is 5.56 Å². The van der Waals surface area contributed by atoms with E-state index >= 15 is 0 Å². The average molecular weight is 274 g/mol. The highest BCUT2D eigenvalue weighted by Gasteiger charge is 2.13. The average Bonchev–Trinajstić information content (AvgIpc) is 2.18. The SMILES string of the molecule is COCc1ccccc1NS(=O)(=O)CC(N)=S. The van der Waals surface area contributed by atoms with Crippen molar-refractivity contribution in [3.05, 3.63) is 29.8 Å². The quantitative estimate of drug-likeness (QED) is 0.752. The fourth-order valence-electron chi connectivity index (χ4n) is 1.29. The number of thiocarbonyl (C=S) groups is 1. The standard InChI is InChI=1S/C10H14N2O3S2/c1-15-6-8-4-2-3-5-9(8)12-17(13,14)7-10(11)16/h2-5,12H,6-7H2,1H3,(H2,11,16). The minimum atomic E-state index is -3.55. The number of anilines is 1. The third-order valence-electron chi connectivity index (χ3n) is 1.91. The van der Waals surface area contributed by atoms with Gasteiger partial charge >= 0.3 is 0 Å². The maximum atomic E-state index is 11.6. The molecule has 0 amide bonds. The summed E-state index contributed by atoms with van der Waals surface area (Å²) in [6, 6.07) is 6.98. The largest absolute Gasteiger partial charge is 0.392 e. The lowest BCUT2D eigenvalue weighted by molar-refractivity contribution is 0.185. The summed E-state index contributed by atoms with van der Waals surface area (Å²) in [5.74, 6) is -0.371. The minimum absolute atomic E-state index is 0.0678. The van der Waals surface area contributed by atoms with E-state index in [1.807, 2.05) is 0 Å². The van der Waals surface area contributed by atoms with Gasteiger partial charge in [-0.3, -0.25) is 4.72 Å². The highest BCUT2D eigenvalue weighted by atomic mass is 32.2. The van der Waals surface area contributed by atoms with E-state index in [9.17, 15) is 8.42 Å². The van der Waals surface area contributed by atoms with Gasteiger partial charge in [0.2, 0.25) is 10.0 Å². The molecule has 1 aromatic carbocycles. The van der Waals surface area contributed by atoms with E-state index in [0.717, 1.165) is 5.56 Å². The molecule has 1 rings (SSSR count). The first-order valence-electron chi connectivity index (χ1n) is 4.80. The zero-order valence-electron chi connectivity index (χ0n) is 9.34. The van der Waals surface area contributed by atoms with Gasteiger partial charge in [-0.15, -0.1) is 0 Å². The van der Waals surface area contributed by atoms with Crippen molar-refractivity contribution in [1.82, 2.24) is 0 Å². The maximum Gasteiger partial charge on any atom is 0.239 e. The molecule has 0 atom stereocenters. The number of methoxy groups -OCH3 is 1. The van der Waals surface area contributed by atoms with Crippen molar-refractivity contribution in [3.8, 4) is 0 Å². The number of nitrogens with one attached hydrogen (secondary N) is 1. The van der Waals surface area contributed by atoms with Crippen LogP contribution in [0.15, 0.2) is 24.3 Å². The zero-order chi connectivity index (χ0) is 12.9. The van der Waals surface area contributed by atoms with Crippen molar-refractivity contribution in [1.29, 1.82) is 0 Å². The van der Waals surface area contributed by atoms with Crippen LogP contribution in [0.25, 0.3) is 0 Å². The number of rotatable bonds is 6. The Morgan fingerprint density at radius 3 is 2.71 bits per heavy atom. The molecule has 0 radical (unpaired) electrons. The van der Waals surface area contributed by atoms with E-state index in [4.69, 9.17) is 10.5 Å². The van der Waals surface area contributed by atoms with Crippen molar-refractivity contribution >= 4 is 32.9 Å². The van der Waals surface area contributed by atoms with Crippen LogP contribution in [0.2, 0.25) is 0 Å². The molecule has 0 spiro atoms. The molecule has 1 aromatic rings. The number of hydrogen-bond acceptors (Lipinski definition) is 4. The van der Waals surface area contributed by atoms with Gasteiger partial charge in [-0.05, 0) is 6.07 Å². The maximum absolute atomic E-state index is 11.6. The topological polar surface area (TPSA) is 81.4 Å². The highest BCUT2D eigenvalue weighted by molar-refractivity contribution is 7.95. The normalized spacial score (nSPS) is 11.1. The van der Waals surface area contributed by atoms with Crippen LogP contribution in [0.3, 0.4) is 0 Å². The molecule has 0 aliphatic rings. The third kappa shape index (κ3) is 4.68. The van der Waals surface area contributed by atoms with E-state index in [2.05, 4.69) is 16.9 Å². The molecule has 0 unspecified atom stereocenters. The first-order valence-corrected chi connectivity index (χ1v) is 6.86. The second kappa shape index (κ2) is 5.95. The lowest BCUT2D eigenvalue weighted by Gasteiger charge is -2.11. The van der Waals surface area contributed by atoms with Gasteiger partial charge in [0.1, 0.15) is 5.75 Å². The molecule has 0 saturated carbocycles. The summed E-state index contributed by atoms with van der Waals surface area (Å²) in [4.78, 5) is -0.0678. The second-order valence-corrected chi connectivity index (χ2v) is 5.66. The van der Waals surface area contributed by atoms with E-state index < -0.39 is 10.0 Å². The summed E-state index contributed by atoms with van der Waals surface area (Å²) in [6.07, 6.45) is 0. The van der Waals surface area contributed by atoms with Crippen molar-refractivity contribution in [3.63, 3.8) is 0 Å². The molecular weight excluding hydrogens is 260 g/mol. The number of benzene rings is 1. The van der Waals surface area contributed by atoms with Gasteiger partial charge < -0.3 is 10.5 Å². The fraction of sp³-hybridized carbons (Fsp3) is 0.300. The Balaban J connectivity index is 2.91.